The van der Waals surface area contributed by atoms with Gasteiger partial charge in [0.05, 0.1) is 5.52 Å². The van der Waals surface area contributed by atoms with Crippen molar-refractivity contribution < 1.29 is 0 Å². The lowest BCUT2D eigenvalue weighted by molar-refractivity contribution is 0.817. The molecule has 3 rings (SSSR count). The van der Waals surface area contributed by atoms with E-state index in [2.05, 4.69) is 48.2 Å². The van der Waals surface area contributed by atoms with Gasteiger partial charge in [-0.05, 0) is 42.8 Å². The first-order chi connectivity index (χ1) is 10.3. The van der Waals surface area contributed by atoms with Crippen LogP contribution >= 0.6 is 0 Å². The van der Waals surface area contributed by atoms with Crippen LogP contribution in [-0.4, -0.2) is 11.5 Å². The van der Waals surface area contributed by atoms with Gasteiger partial charge in [0, 0.05) is 24.2 Å². The lowest BCUT2D eigenvalue weighted by atomic mass is 10.2. The summed E-state index contributed by atoms with van der Waals surface area (Å²) in [5.41, 5.74) is 8.80. The Balaban J connectivity index is 1.88. The fourth-order valence-electron chi connectivity index (χ4n) is 2.43. The molecule has 0 aliphatic carbocycles. The van der Waals surface area contributed by atoms with E-state index >= 15 is 0 Å². The highest BCUT2D eigenvalue weighted by molar-refractivity contribution is 5.80. The van der Waals surface area contributed by atoms with E-state index in [-0.39, 0.29) is 0 Å². The monoisotopic (exact) mass is 277 g/mol. The van der Waals surface area contributed by atoms with Crippen LogP contribution in [-0.2, 0) is 6.54 Å². The van der Waals surface area contributed by atoms with Gasteiger partial charge in [0.15, 0.2) is 0 Å². The normalized spacial score (nSPS) is 10.7. The topological polar surface area (TPSA) is 42.1 Å². The van der Waals surface area contributed by atoms with Crippen molar-refractivity contribution in [3.05, 3.63) is 66.2 Å². The van der Waals surface area contributed by atoms with Crippen molar-refractivity contribution in [3.8, 4) is 0 Å². The number of rotatable bonds is 4. The molecule has 0 saturated carbocycles. The van der Waals surface area contributed by atoms with Gasteiger partial charge < -0.3 is 10.6 Å². The van der Waals surface area contributed by atoms with Crippen LogP contribution < -0.4 is 10.6 Å². The van der Waals surface area contributed by atoms with Gasteiger partial charge in [-0.2, -0.15) is 0 Å². The number of hydrogen-bond acceptors (Lipinski definition) is 3. The summed E-state index contributed by atoms with van der Waals surface area (Å²) in [6.45, 7) is 3.89. The number of pyridine rings is 1. The van der Waals surface area contributed by atoms with Gasteiger partial charge in [0.25, 0.3) is 0 Å². The van der Waals surface area contributed by atoms with Crippen molar-refractivity contribution in [2.24, 2.45) is 0 Å². The lowest BCUT2D eigenvalue weighted by Gasteiger charge is -2.22. The minimum Gasteiger partial charge on any atom is -0.399 e. The van der Waals surface area contributed by atoms with Crippen LogP contribution in [0.25, 0.3) is 10.9 Å². The zero-order chi connectivity index (χ0) is 14.7. The molecule has 1 aromatic heterocycles. The molecule has 0 radical (unpaired) electrons. The van der Waals surface area contributed by atoms with E-state index in [1.807, 2.05) is 24.3 Å². The molecule has 3 heteroatoms. The molecule has 0 amide bonds. The van der Waals surface area contributed by atoms with Crippen LogP contribution in [0.2, 0.25) is 0 Å². The summed E-state index contributed by atoms with van der Waals surface area (Å²) in [6, 6.07) is 20.4. The van der Waals surface area contributed by atoms with Gasteiger partial charge >= 0.3 is 0 Å². The molecule has 0 spiro atoms. The second-order valence-corrected chi connectivity index (χ2v) is 5.12. The van der Waals surface area contributed by atoms with Crippen LogP contribution in [0.3, 0.4) is 0 Å². The summed E-state index contributed by atoms with van der Waals surface area (Å²) in [7, 11) is 0. The molecule has 0 aliphatic heterocycles. The predicted octanol–water partition coefficient (Wildman–Crippen LogP) is 3.84. The molecule has 0 saturated heterocycles. The number of fused-ring (bicyclic) bond motifs is 1. The fourth-order valence-corrected chi connectivity index (χ4v) is 2.43. The molecule has 3 aromatic rings. The van der Waals surface area contributed by atoms with Crippen molar-refractivity contribution in [2.45, 2.75) is 13.5 Å². The van der Waals surface area contributed by atoms with Crippen LogP contribution in [0.1, 0.15) is 12.5 Å². The Morgan fingerprint density at radius 1 is 0.952 bits per heavy atom. The number of anilines is 2. The number of nitrogens with two attached hydrogens (primary N) is 1. The van der Waals surface area contributed by atoms with E-state index in [0.717, 1.165) is 30.1 Å². The first kappa shape index (κ1) is 13.4. The third-order valence-electron chi connectivity index (χ3n) is 3.64. The maximum atomic E-state index is 5.74. The van der Waals surface area contributed by atoms with Crippen LogP contribution in [0.15, 0.2) is 60.7 Å². The van der Waals surface area contributed by atoms with E-state index in [9.17, 15) is 0 Å². The number of nitrogen functional groups attached to an aromatic ring is 1. The predicted molar refractivity (Wildman–Crippen MR) is 89.3 cm³/mol. The summed E-state index contributed by atoms with van der Waals surface area (Å²) in [4.78, 5) is 7.02. The fraction of sp³-hybridized carbons (Fsp3) is 0.167. The van der Waals surface area contributed by atoms with Crippen LogP contribution in [0.5, 0.6) is 0 Å². The summed E-state index contributed by atoms with van der Waals surface area (Å²) in [5, 5.41) is 1.17. The smallest absolute Gasteiger partial charge is 0.129 e. The maximum Gasteiger partial charge on any atom is 0.129 e. The Bertz CT molecular complexity index is 735. The molecule has 0 bridgehead atoms. The first-order valence-corrected chi connectivity index (χ1v) is 7.21. The molecular formula is C18H19N3. The third-order valence-corrected chi connectivity index (χ3v) is 3.64. The summed E-state index contributed by atoms with van der Waals surface area (Å²) >= 11 is 0. The molecular weight excluding hydrogens is 258 g/mol. The van der Waals surface area contributed by atoms with Gasteiger partial charge in [0.2, 0.25) is 0 Å². The van der Waals surface area contributed by atoms with E-state index in [4.69, 9.17) is 10.7 Å². The highest BCUT2D eigenvalue weighted by Gasteiger charge is 2.07. The Labute approximate surface area is 125 Å². The largest absolute Gasteiger partial charge is 0.399 e. The highest BCUT2D eigenvalue weighted by Crippen LogP contribution is 2.20. The number of aromatic nitrogens is 1. The molecule has 0 atom stereocenters. The molecule has 106 valence electrons. The minimum atomic E-state index is 0.797. The number of nitrogens with zero attached hydrogens (tertiary/aromatic N) is 2. The van der Waals surface area contributed by atoms with Crippen molar-refractivity contribution in [2.75, 3.05) is 17.2 Å². The highest BCUT2D eigenvalue weighted by atomic mass is 15.2. The standard InChI is InChI=1S/C18H19N3/c1-2-21(13-14-7-10-16(19)11-8-14)18-12-9-15-5-3-4-6-17(15)20-18/h3-12H,2,13,19H2,1H3. The zero-order valence-corrected chi connectivity index (χ0v) is 12.2. The van der Waals surface area contributed by atoms with Crippen molar-refractivity contribution in [3.63, 3.8) is 0 Å². The van der Waals surface area contributed by atoms with Crippen molar-refractivity contribution in [1.29, 1.82) is 0 Å². The Kier molecular flexibility index (Phi) is 3.73. The van der Waals surface area contributed by atoms with Crippen molar-refractivity contribution in [1.82, 2.24) is 4.98 Å². The van der Waals surface area contributed by atoms with Crippen molar-refractivity contribution >= 4 is 22.4 Å². The summed E-state index contributed by atoms with van der Waals surface area (Å²) in [5.74, 6) is 1.01. The second kappa shape index (κ2) is 5.83. The van der Waals surface area contributed by atoms with Crippen LogP contribution in [0, 0.1) is 0 Å². The third kappa shape index (κ3) is 2.97. The molecule has 2 N–H and O–H groups in total. The molecule has 21 heavy (non-hydrogen) atoms. The van der Waals surface area contributed by atoms with Gasteiger partial charge in [-0.15, -0.1) is 0 Å². The van der Waals surface area contributed by atoms with E-state index in [0.29, 0.717) is 0 Å². The number of para-hydroxylation sites is 1. The number of benzene rings is 2. The van der Waals surface area contributed by atoms with E-state index < -0.39 is 0 Å². The molecule has 2 aromatic carbocycles. The maximum absolute atomic E-state index is 5.74. The Hall–Kier alpha value is -2.55. The average molecular weight is 277 g/mol. The molecule has 1 heterocycles. The summed E-state index contributed by atoms with van der Waals surface area (Å²) < 4.78 is 0. The Morgan fingerprint density at radius 2 is 1.71 bits per heavy atom. The molecule has 0 aliphatic rings. The van der Waals surface area contributed by atoms with E-state index in [1.54, 1.807) is 0 Å². The second-order valence-electron chi connectivity index (χ2n) is 5.12. The summed E-state index contributed by atoms with van der Waals surface area (Å²) in [6.07, 6.45) is 0. The van der Waals surface area contributed by atoms with E-state index in [1.165, 1.54) is 10.9 Å². The molecule has 0 fully saturated rings. The van der Waals surface area contributed by atoms with Gasteiger partial charge in [-0.1, -0.05) is 30.3 Å². The Morgan fingerprint density at radius 3 is 2.48 bits per heavy atom. The molecule has 0 unspecified atom stereocenters. The average Bonchev–Trinajstić information content (AvgIpc) is 2.54. The van der Waals surface area contributed by atoms with Gasteiger partial charge in [0.1, 0.15) is 5.82 Å². The van der Waals surface area contributed by atoms with Gasteiger partial charge in [-0.3, -0.25) is 0 Å². The SMILES string of the molecule is CCN(Cc1ccc(N)cc1)c1ccc2ccccc2n1. The number of hydrogen-bond donors (Lipinski definition) is 1. The zero-order valence-electron chi connectivity index (χ0n) is 12.2. The van der Waals surface area contributed by atoms with Gasteiger partial charge in [-0.25, -0.2) is 4.98 Å². The molecule has 3 nitrogen and oxygen atoms in total. The quantitative estimate of drug-likeness (QED) is 0.737. The first-order valence-electron chi connectivity index (χ1n) is 7.21. The van der Waals surface area contributed by atoms with Crippen LogP contribution in [0.4, 0.5) is 11.5 Å². The lowest BCUT2D eigenvalue weighted by Crippen LogP contribution is -2.23. The minimum absolute atomic E-state index is 0.797.